The van der Waals surface area contributed by atoms with Gasteiger partial charge in [0.15, 0.2) is 0 Å². The summed E-state index contributed by atoms with van der Waals surface area (Å²) in [5.74, 6) is -0.408. The van der Waals surface area contributed by atoms with Gasteiger partial charge in [0.1, 0.15) is 0 Å². The summed E-state index contributed by atoms with van der Waals surface area (Å²) in [7, 11) is 0. The van der Waals surface area contributed by atoms with Crippen molar-refractivity contribution in [3.63, 3.8) is 0 Å². The van der Waals surface area contributed by atoms with Crippen LogP contribution in [-0.4, -0.2) is 43.1 Å². The number of hydrogen-bond donors (Lipinski definition) is 2. The summed E-state index contributed by atoms with van der Waals surface area (Å²) in [6.45, 7) is 4.52. The Hall–Kier alpha value is -2.05. The zero-order valence-electron chi connectivity index (χ0n) is 15.6. The van der Waals surface area contributed by atoms with E-state index in [2.05, 4.69) is 15.5 Å². The number of hydrogen-bond acceptors (Lipinski definition) is 4. The first-order valence-corrected chi connectivity index (χ1v) is 9.91. The SMILES string of the molecule is CCOC(=O)C1=C(CN2CCCCCC2)NC(=O)NC1c1ccc(Cl)cc1. The van der Waals surface area contributed by atoms with E-state index in [4.69, 9.17) is 16.3 Å². The van der Waals surface area contributed by atoms with Gasteiger partial charge in [0.05, 0.1) is 18.2 Å². The summed E-state index contributed by atoms with van der Waals surface area (Å²) in [4.78, 5) is 27.4. The van der Waals surface area contributed by atoms with Crippen molar-refractivity contribution in [3.05, 3.63) is 46.1 Å². The van der Waals surface area contributed by atoms with Crippen LogP contribution in [0.5, 0.6) is 0 Å². The second-order valence-corrected chi connectivity index (χ2v) is 7.32. The first-order valence-electron chi connectivity index (χ1n) is 9.54. The number of ether oxygens (including phenoxy) is 1. The number of amides is 2. The molecule has 1 atom stereocenters. The molecule has 2 aliphatic heterocycles. The lowest BCUT2D eigenvalue weighted by Gasteiger charge is -2.32. The van der Waals surface area contributed by atoms with Crippen LogP contribution in [0.2, 0.25) is 5.02 Å². The fourth-order valence-corrected chi connectivity index (χ4v) is 3.74. The van der Waals surface area contributed by atoms with E-state index < -0.39 is 12.0 Å². The molecule has 1 fully saturated rings. The van der Waals surface area contributed by atoms with Crippen LogP contribution in [0.25, 0.3) is 0 Å². The van der Waals surface area contributed by atoms with E-state index in [1.807, 2.05) is 12.1 Å². The Bertz CT molecular complexity index is 710. The van der Waals surface area contributed by atoms with E-state index >= 15 is 0 Å². The molecule has 3 rings (SSSR count). The number of urea groups is 1. The summed E-state index contributed by atoms with van der Waals surface area (Å²) in [6, 6.07) is 6.28. The van der Waals surface area contributed by atoms with Crippen molar-refractivity contribution in [2.24, 2.45) is 0 Å². The van der Waals surface area contributed by atoms with E-state index in [1.165, 1.54) is 12.8 Å². The Morgan fingerprint density at radius 3 is 2.48 bits per heavy atom. The molecule has 0 spiro atoms. The smallest absolute Gasteiger partial charge is 0.338 e. The molecule has 2 aliphatic rings. The molecule has 2 heterocycles. The van der Waals surface area contributed by atoms with Gasteiger partial charge in [-0.15, -0.1) is 0 Å². The molecule has 7 heteroatoms. The molecule has 1 unspecified atom stereocenters. The zero-order chi connectivity index (χ0) is 19.2. The van der Waals surface area contributed by atoms with Crippen LogP contribution in [-0.2, 0) is 9.53 Å². The van der Waals surface area contributed by atoms with Gasteiger partial charge in [-0.05, 0) is 50.6 Å². The second kappa shape index (κ2) is 9.24. The minimum atomic E-state index is -0.558. The van der Waals surface area contributed by atoms with Crippen molar-refractivity contribution >= 4 is 23.6 Å². The number of benzene rings is 1. The van der Waals surface area contributed by atoms with Crippen LogP contribution in [0.1, 0.15) is 44.2 Å². The van der Waals surface area contributed by atoms with Crippen LogP contribution in [0.4, 0.5) is 4.79 Å². The molecule has 0 bridgehead atoms. The number of nitrogens with one attached hydrogen (secondary N) is 2. The van der Waals surface area contributed by atoms with Gasteiger partial charge in [-0.2, -0.15) is 0 Å². The third-order valence-corrected chi connectivity index (χ3v) is 5.18. The van der Waals surface area contributed by atoms with Crippen molar-refractivity contribution in [2.75, 3.05) is 26.2 Å². The van der Waals surface area contributed by atoms with Crippen LogP contribution < -0.4 is 10.6 Å². The van der Waals surface area contributed by atoms with E-state index in [9.17, 15) is 9.59 Å². The normalized spacial score (nSPS) is 21.3. The first-order chi connectivity index (χ1) is 13.1. The predicted molar refractivity (Wildman–Crippen MR) is 104 cm³/mol. The number of carbonyl (C=O) groups is 2. The molecule has 0 aliphatic carbocycles. The summed E-state index contributed by atoms with van der Waals surface area (Å²) in [5, 5.41) is 6.30. The van der Waals surface area contributed by atoms with Crippen molar-refractivity contribution in [1.82, 2.24) is 15.5 Å². The van der Waals surface area contributed by atoms with E-state index in [1.54, 1.807) is 19.1 Å². The summed E-state index contributed by atoms with van der Waals surface area (Å²) in [6.07, 6.45) is 4.72. The largest absolute Gasteiger partial charge is 0.463 e. The van der Waals surface area contributed by atoms with E-state index in [0.717, 1.165) is 31.5 Å². The fraction of sp³-hybridized carbons (Fsp3) is 0.500. The minimum Gasteiger partial charge on any atom is -0.463 e. The third-order valence-electron chi connectivity index (χ3n) is 4.93. The van der Waals surface area contributed by atoms with E-state index in [-0.39, 0.29) is 12.6 Å². The lowest BCUT2D eigenvalue weighted by molar-refractivity contribution is -0.139. The number of carbonyl (C=O) groups excluding carboxylic acids is 2. The minimum absolute atomic E-state index is 0.278. The molecule has 2 amide bonds. The molecule has 2 N–H and O–H groups in total. The maximum atomic E-state index is 12.8. The number of rotatable bonds is 5. The average Bonchev–Trinajstić information content (AvgIpc) is 2.90. The van der Waals surface area contributed by atoms with Gasteiger partial charge in [-0.3, -0.25) is 4.90 Å². The molecule has 1 saturated heterocycles. The van der Waals surface area contributed by atoms with Gasteiger partial charge < -0.3 is 15.4 Å². The molecule has 1 aromatic carbocycles. The molecular weight excluding hydrogens is 366 g/mol. The maximum absolute atomic E-state index is 12.8. The number of likely N-dealkylation sites (tertiary alicyclic amines) is 1. The van der Waals surface area contributed by atoms with Crippen LogP contribution >= 0.6 is 11.6 Å². The number of nitrogens with zero attached hydrogens (tertiary/aromatic N) is 1. The average molecular weight is 392 g/mol. The van der Waals surface area contributed by atoms with Gasteiger partial charge in [0.25, 0.3) is 0 Å². The van der Waals surface area contributed by atoms with Crippen molar-refractivity contribution in [2.45, 2.75) is 38.6 Å². The standard InChI is InChI=1S/C20H26ClN3O3/c1-2-27-19(25)17-16(13-24-11-5-3-4-6-12-24)22-20(26)23-18(17)14-7-9-15(21)10-8-14/h7-10,18H,2-6,11-13H2,1H3,(H2,22,23,26). The van der Waals surface area contributed by atoms with Gasteiger partial charge in [-0.1, -0.05) is 36.6 Å². The molecule has 0 radical (unpaired) electrons. The highest BCUT2D eigenvalue weighted by Gasteiger charge is 2.34. The highest BCUT2D eigenvalue weighted by molar-refractivity contribution is 6.30. The van der Waals surface area contributed by atoms with Crippen molar-refractivity contribution < 1.29 is 14.3 Å². The quantitative estimate of drug-likeness (QED) is 0.755. The Kier molecular flexibility index (Phi) is 6.74. The summed E-state index contributed by atoms with van der Waals surface area (Å²) >= 11 is 5.99. The Morgan fingerprint density at radius 1 is 1.19 bits per heavy atom. The monoisotopic (exact) mass is 391 g/mol. The van der Waals surface area contributed by atoms with Crippen molar-refractivity contribution in [1.29, 1.82) is 0 Å². The summed E-state index contributed by atoms with van der Waals surface area (Å²) < 4.78 is 5.30. The van der Waals surface area contributed by atoms with Crippen LogP contribution in [0.15, 0.2) is 35.5 Å². The molecule has 0 aromatic heterocycles. The van der Waals surface area contributed by atoms with Gasteiger partial charge in [-0.25, -0.2) is 9.59 Å². The van der Waals surface area contributed by atoms with Crippen molar-refractivity contribution in [3.8, 4) is 0 Å². The lowest BCUT2D eigenvalue weighted by atomic mass is 9.95. The Balaban J connectivity index is 1.96. The molecule has 0 saturated carbocycles. The maximum Gasteiger partial charge on any atom is 0.338 e. The van der Waals surface area contributed by atoms with Gasteiger partial charge in [0.2, 0.25) is 0 Å². The summed E-state index contributed by atoms with van der Waals surface area (Å²) in [5.41, 5.74) is 1.88. The third kappa shape index (κ3) is 5.02. The van der Waals surface area contributed by atoms with Gasteiger partial charge in [0, 0.05) is 17.3 Å². The van der Waals surface area contributed by atoms with E-state index in [0.29, 0.717) is 22.8 Å². The molecule has 1 aromatic rings. The highest BCUT2D eigenvalue weighted by atomic mass is 35.5. The fourth-order valence-electron chi connectivity index (χ4n) is 3.62. The number of halogens is 1. The zero-order valence-corrected chi connectivity index (χ0v) is 16.3. The highest BCUT2D eigenvalue weighted by Crippen LogP contribution is 2.29. The Labute approximate surface area is 164 Å². The van der Waals surface area contributed by atoms with Crippen LogP contribution in [0.3, 0.4) is 0 Å². The molecule has 146 valence electrons. The Morgan fingerprint density at radius 2 is 1.85 bits per heavy atom. The molecular formula is C20H26ClN3O3. The topological polar surface area (TPSA) is 70.7 Å². The first kappa shape index (κ1) is 19.7. The van der Waals surface area contributed by atoms with Crippen LogP contribution in [0, 0.1) is 0 Å². The molecule has 27 heavy (non-hydrogen) atoms. The van der Waals surface area contributed by atoms with Gasteiger partial charge >= 0.3 is 12.0 Å². The predicted octanol–water partition coefficient (Wildman–Crippen LogP) is 3.39. The number of esters is 1. The second-order valence-electron chi connectivity index (χ2n) is 6.89. The lowest BCUT2D eigenvalue weighted by Crippen LogP contribution is -2.48. The molecule has 6 nitrogen and oxygen atoms in total.